The molecule has 0 aliphatic rings. The quantitative estimate of drug-likeness (QED) is 0.368. The molecule has 6 heteroatoms. The van der Waals surface area contributed by atoms with Crippen molar-refractivity contribution >= 4 is 15.9 Å². The number of hydrogen-bond donors (Lipinski definition) is 0. The lowest BCUT2D eigenvalue weighted by atomic mass is 9.88. The highest BCUT2D eigenvalue weighted by atomic mass is 79.9. The van der Waals surface area contributed by atoms with E-state index in [2.05, 4.69) is 34.9 Å². The third-order valence-corrected chi connectivity index (χ3v) is 5.14. The van der Waals surface area contributed by atoms with Crippen molar-refractivity contribution in [1.82, 2.24) is 9.78 Å². The van der Waals surface area contributed by atoms with Gasteiger partial charge in [0.15, 0.2) is 0 Å². The molecular weight excluding hydrogens is 369 g/mol. The van der Waals surface area contributed by atoms with Gasteiger partial charge in [-0.15, -0.1) is 0 Å². The number of unbranched alkanes of at least 4 members (excludes halogenated alkanes) is 5. The van der Waals surface area contributed by atoms with Crippen molar-refractivity contribution in [1.29, 1.82) is 0 Å². The fourth-order valence-corrected chi connectivity index (χ4v) is 3.32. The van der Waals surface area contributed by atoms with Crippen LogP contribution in [-0.4, -0.2) is 9.78 Å². The smallest absolute Gasteiger partial charge is 0.232 e. The van der Waals surface area contributed by atoms with Gasteiger partial charge in [-0.05, 0) is 35.7 Å². The third-order valence-electron chi connectivity index (χ3n) is 4.41. The molecular formula is C17H28BrF3N2. The molecule has 0 aromatic carbocycles. The second-order valence-corrected chi connectivity index (χ2v) is 7.26. The predicted molar refractivity (Wildman–Crippen MR) is 91.4 cm³/mol. The van der Waals surface area contributed by atoms with Crippen molar-refractivity contribution in [3.05, 3.63) is 16.1 Å². The van der Waals surface area contributed by atoms with E-state index in [1.165, 1.54) is 17.5 Å². The number of aromatic nitrogens is 2. The van der Waals surface area contributed by atoms with E-state index in [1.54, 1.807) is 0 Å². The molecule has 0 fully saturated rings. The van der Waals surface area contributed by atoms with Gasteiger partial charge in [-0.2, -0.15) is 9.49 Å². The first kappa shape index (κ1) is 20.5. The van der Waals surface area contributed by atoms with Gasteiger partial charge in [-0.25, -0.2) is 13.5 Å². The van der Waals surface area contributed by atoms with E-state index in [1.807, 2.05) is 6.92 Å². The highest BCUT2D eigenvalue weighted by molar-refractivity contribution is 9.10. The number of halogens is 4. The van der Waals surface area contributed by atoms with Gasteiger partial charge in [0.1, 0.15) is 10.2 Å². The maximum Gasteiger partial charge on any atom is 0.283 e. The minimum absolute atomic E-state index is 0.207. The van der Waals surface area contributed by atoms with Crippen molar-refractivity contribution in [3.63, 3.8) is 0 Å². The van der Waals surface area contributed by atoms with Crippen molar-refractivity contribution in [2.75, 3.05) is 0 Å². The van der Waals surface area contributed by atoms with Gasteiger partial charge in [0.05, 0.1) is 5.54 Å². The van der Waals surface area contributed by atoms with Crippen LogP contribution in [-0.2, 0) is 5.54 Å². The van der Waals surface area contributed by atoms with Gasteiger partial charge in [0.25, 0.3) is 6.43 Å². The molecule has 1 rings (SSSR count). The van der Waals surface area contributed by atoms with Crippen LogP contribution in [0.1, 0.15) is 90.7 Å². The van der Waals surface area contributed by atoms with Crippen LogP contribution in [0.2, 0.25) is 0 Å². The molecule has 0 saturated heterocycles. The van der Waals surface area contributed by atoms with E-state index >= 15 is 0 Å². The van der Waals surface area contributed by atoms with Gasteiger partial charge in [-0.1, -0.05) is 58.8 Å². The summed E-state index contributed by atoms with van der Waals surface area (Å²) in [6.45, 7) is 6.16. The lowest BCUT2D eigenvalue weighted by molar-refractivity contribution is 0.139. The van der Waals surface area contributed by atoms with Gasteiger partial charge in [0.2, 0.25) is 5.95 Å². The number of hydrogen-bond acceptors (Lipinski definition) is 1. The first-order valence-corrected chi connectivity index (χ1v) is 9.39. The lowest BCUT2D eigenvalue weighted by Gasteiger charge is -2.30. The molecule has 0 saturated carbocycles. The summed E-state index contributed by atoms with van der Waals surface area (Å²) >= 11 is 2.93. The molecule has 1 unspecified atom stereocenters. The number of nitrogens with zero attached hydrogens (tertiary/aromatic N) is 2. The van der Waals surface area contributed by atoms with E-state index in [9.17, 15) is 13.2 Å². The second kappa shape index (κ2) is 9.70. The monoisotopic (exact) mass is 396 g/mol. The summed E-state index contributed by atoms with van der Waals surface area (Å²) in [5.41, 5.74) is -1.06. The van der Waals surface area contributed by atoms with Crippen molar-refractivity contribution < 1.29 is 13.2 Å². The number of rotatable bonds is 11. The second-order valence-electron chi connectivity index (χ2n) is 6.47. The summed E-state index contributed by atoms with van der Waals surface area (Å²) in [7, 11) is 0. The van der Waals surface area contributed by atoms with Crippen LogP contribution in [0.5, 0.6) is 0 Å². The van der Waals surface area contributed by atoms with Crippen molar-refractivity contribution in [3.8, 4) is 0 Å². The number of alkyl halides is 2. The Bertz CT molecular complexity index is 477. The Hall–Kier alpha value is -0.520. The van der Waals surface area contributed by atoms with Crippen LogP contribution in [0.15, 0.2) is 4.47 Å². The Morgan fingerprint density at radius 3 is 2.13 bits per heavy atom. The van der Waals surface area contributed by atoms with Gasteiger partial charge in [0, 0.05) is 0 Å². The highest BCUT2D eigenvalue weighted by Crippen LogP contribution is 2.36. The van der Waals surface area contributed by atoms with Gasteiger partial charge >= 0.3 is 0 Å². The summed E-state index contributed by atoms with van der Waals surface area (Å²) in [6, 6.07) is 0. The van der Waals surface area contributed by atoms with Gasteiger partial charge < -0.3 is 0 Å². The Labute approximate surface area is 146 Å². The maximum absolute atomic E-state index is 14.5. The first-order valence-electron chi connectivity index (χ1n) is 8.60. The molecule has 0 spiro atoms. The summed E-state index contributed by atoms with van der Waals surface area (Å²) < 4.78 is 41.4. The molecule has 1 heterocycles. The molecule has 134 valence electrons. The summed E-state index contributed by atoms with van der Waals surface area (Å²) in [4.78, 5) is 0. The van der Waals surface area contributed by atoms with Crippen LogP contribution in [0.3, 0.4) is 0 Å². The van der Waals surface area contributed by atoms with E-state index in [-0.39, 0.29) is 4.47 Å². The van der Waals surface area contributed by atoms with Crippen LogP contribution in [0.4, 0.5) is 13.2 Å². The fourth-order valence-electron chi connectivity index (χ4n) is 2.90. The van der Waals surface area contributed by atoms with E-state index in [0.29, 0.717) is 0 Å². The Kier molecular flexibility index (Phi) is 8.65. The molecule has 2 nitrogen and oxygen atoms in total. The van der Waals surface area contributed by atoms with Crippen LogP contribution >= 0.6 is 15.9 Å². The molecule has 0 amide bonds. The maximum atomic E-state index is 14.5. The van der Waals surface area contributed by atoms with E-state index in [4.69, 9.17) is 0 Å². The zero-order valence-corrected chi connectivity index (χ0v) is 15.9. The predicted octanol–water partition coefficient (Wildman–Crippen LogP) is 6.99. The average molecular weight is 397 g/mol. The Balaban J connectivity index is 2.93. The molecule has 1 atom stereocenters. The molecule has 0 aliphatic carbocycles. The highest BCUT2D eigenvalue weighted by Gasteiger charge is 2.33. The SMILES string of the molecule is CCCCCCCC(C)(CCCC)n1nc(C(F)F)c(Br)c1F. The topological polar surface area (TPSA) is 17.8 Å². The normalized spacial score (nSPS) is 14.4. The zero-order chi connectivity index (χ0) is 17.5. The molecule has 0 radical (unpaired) electrons. The third kappa shape index (κ3) is 5.50. The molecule has 23 heavy (non-hydrogen) atoms. The average Bonchev–Trinajstić information content (AvgIpc) is 2.82. The van der Waals surface area contributed by atoms with Crippen LogP contribution in [0, 0.1) is 5.95 Å². The van der Waals surface area contributed by atoms with Crippen molar-refractivity contribution in [2.45, 2.75) is 90.5 Å². The van der Waals surface area contributed by atoms with Crippen LogP contribution in [0.25, 0.3) is 0 Å². The summed E-state index contributed by atoms with van der Waals surface area (Å²) in [5.74, 6) is -0.688. The molecule has 1 aromatic rings. The molecule has 0 bridgehead atoms. The summed E-state index contributed by atoms with van der Waals surface area (Å²) in [5, 5.41) is 3.89. The van der Waals surface area contributed by atoms with E-state index in [0.717, 1.165) is 44.9 Å². The van der Waals surface area contributed by atoms with Crippen molar-refractivity contribution in [2.24, 2.45) is 0 Å². The van der Waals surface area contributed by atoms with Crippen LogP contribution < -0.4 is 0 Å². The zero-order valence-electron chi connectivity index (χ0n) is 14.3. The minimum Gasteiger partial charge on any atom is -0.232 e. The standard InChI is InChI=1S/C17H28BrF3N2/c1-4-6-8-9-10-12-17(3,11-7-5-2)23-16(21)13(18)14(22-23)15(19)20/h15H,4-12H2,1-3H3. The molecule has 0 aliphatic heterocycles. The Morgan fingerprint density at radius 1 is 1.04 bits per heavy atom. The summed E-state index contributed by atoms with van der Waals surface area (Å²) in [6.07, 6.45) is 6.20. The molecule has 0 N–H and O–H groups in total. The Morgan fingerprint density at radius 2 is 1.61 bits per heavy atom. The largest absolute Gasteiger partial charge is 0.283 e. The first-order chi connectivity index (χ1) is 10.9. The fraction of sp³-hybridized carbons (Fsp3) is 0.824. The van der Waals surface area contributed by atoms with Gasteiger partial charge in [-0.3, -0.25) is 0 Å². The molecule has 1 aromatic heterocycles. The lowest BCUT2D eigenvalue weighted by Crippen LogP contribution is -2.33. The minimum atomic E-state index is -2.78. The van der Waals surface area contributed by atoms with E-state index < -0.39 is 23.6 Å².